The molecule has 0 saturated carbocycles. The van der Waals surface area contributed by atoms with E-state index in [-0.39, 0.29) is 11.7 Å². The van der Waals surface area contributed by atoms with Gasteiger partial charge in [0.2, 0.25) is 0 Å². The zero-order valence-corrected chi connectivity index (χ0v) is 12.7. The Morgan fingerprint density at radius 1 is 1.32 bits per heavy atom. The molecule has 6 heteroatoms. The fourth-order valence-corrected chi connectivity index (χ4v) is 2.34. The number of nitrogens with one attached hydrogen (secondary N) is 1. The predicted molar refractivity (Wildman–Crippen MR) is 84.2 cm³/mol. The molecule has 0 radical (unpaired) electrons. The number of carbonyl (C=O) groups is 1. The Morgan fingerprint density at radius 3 is 2.91 bits per heavy atom. The van der Waals surface area contributed by atoms with Crippen LogP contribution in [0.3, 0.4) is 0 Å². The van der Waals surface area contributed by atoms with Gasteiger partial charge in [-0.15, -0.1) is 0 Å². The fourth-order valence-electron chi connectivity index (χ4n) is 2.13. The number of aromatic nitrogens is 2. The van der Waals surface area contributed by atoms with Crippen LogP contribution in [0.2, 0.25) is 5.02 Å². The van der Waals surface area contributed by atoms with Crippen molar-refractivity contribution >= 4 is 23.3 Å². The first-order valence-corrected chi connectivity index (χ1v) is 7.13. The zero-order valence-electron chi connectivity index (χ0n) is 11.9. The lowest BCUT2D eigenvalue weighted by Gasteiger charge is -2.04. The van der Waals surface area contributed by atoms with Crippen molar-refractivity contribution in [3.05, 3.63) is 70.8 Å². The number of carbonyl (C=O) groups excluding carboxylic acids is 1. The molecule has 0 aliphatic carbocycles. The summed E-state index contributed by atoms with van der Waals surface area (Å²) < 4.78 is 6.86. The van der Waals surface area contributed by atoms with Crippen LogP contribution in [0.5, 0.6) is 0 Å². The van der Waals surface area contributed by atoms with Gasteiger partial charge in [-0.2, -0.15) is 5.10 Å². The van der Waals surface area contributed by atoms with Crippen molar-refractivity contribution in [2.45, 2.75) is 13.5 Å². The lowest BCUT2D eigenvalue weighted by Crippen LogP contribution is -2.12. The number of benzene rings is 1. The lowest BCUT2D eigenvalue weighted by molar-refractivity contribution is 0.0996. The van der Waals surface area contributed by atoms with E-state index in [0.717, 1.165) is 11.3 Å². The summed E-state index contributed by atoms with van der Waals surface area (Å²) in [7, 11) is 0. The summed E-state index contributed by atoms with van der Waals surface area (Å²) >= 11 is 5.98. The Kier molecular flexibility index (Phi) is 3.98. The van der Waals surface area contributed by atoms with Crippen molar-refractivity contribution in [3.63, 3.8) is 0 Å². The molecule has 0 atom stereocenters. The van der Waals surface area contributed by atoms with Gasteiger partial charge in [0.15, 0.2) is 11.6 Å². The molecule has 3 rings (SSSR count). The van der Waals surface area contributed by atoms with Crippen LogP contribution < -0.4 is 5.32 Å². The van der Waals surface area contributed by atoms with E-state index in [4.69, 9.17) is 16.0 Å². The predicted octanol–water partition coefficient (Wildman–Crippen LogP) is 3.74. The number of hydrogen-bond acceptors (Lipinski definition) is 3. The largest absolute Gasteiger partial charge is 0.459 e. The Morgan fingerprint density at radius 2 is 2.18 bits per heavy atom. The third kappa shape index (κ3) is 3.20. The third-order valence-electron chi connectivity index (χ3n) is 3.19. The Bertz CT molecular complexity index is 794. The topological polar surface area (TPSA) is 60.1 Å². The minimum absolute atomic E-state index is 0.252. The molecular formula is C16H14ClN3O2. The minimum Gasteiger partial charge on any atom is -0.459 e. The summed E-state index contributed by atoms with van der Waals surface area (Å²) in [5.74, 6) is 0.417. The molecule has 0 unspecified atom stereocenters. The molecule has 2 aromatic heterocycles. The molecule has 0 spiro atoms. The van der Waals surface area contributed by atoms with Crippen LogP contribution in [0.15, 0.2) is 53.1 Å². The fraction of sp³-hybridized carbons (Fsp3) is 0.125. The maximum absolute atomic E-state index is 11.9. The third-order valence-corrected chi connectivity index (χ3v) is 3.42. The van der Waals surface area contributed by atoms with Crippen molar-refractivity contribution in [2.75, 3.05) is 5.32 Å². The van der Waals surface area contributed by atoms with Crippen LogP contribution >= 0.6 is 11.6 Å². The van der Waals surface area contributed by atoms with Crippen molar-refractivity contribution in [3.8, 4) is 0 Å². The van der Waals surface area contributed by atoms with Gasteiger partial charge < -0.3 is 9.73 Å². The van der Waals surface area contributed by atoms with Crippen molar-refractivity contribution in [1.29, 1.82) is 0 Å². The van der Waals surface area contributed by atoms with Gasteiger partial charge in [-0.3, -0.25) is 9.48 Å². The summed E-state index contributed by atoms with van der Waals surface area (Å²) in [6.07, 6.45) is 1.46. The number of rotatable bonds is 4. The highest BCUT2D eigenvalue weighted by molar-refractivity contribution is 6.30. The Balaban J connectivity index is 1.75. The van der Waals surface area contributed by atoms with E-state index in [1.165, 1.54) is 6.26 Å². The van der Waals surface area contributed by atoms with Gasteiger partial charge in [-0.1, -0.05) is 23.7 Å². The molecule has 0 bridgehead atoms. The molecule has 112 valence electrons. The second-order valence-corrected chi connectivity index (χ2v) is 5.33. The standard InChI is InChI=1S/C16H14ClN3O2/c1-11-8-15(18-16(21)14-6-3-7-22-14)19-20(11)10-12-4-2-5-13(17)9-12/h2-9H,10H2,1H3,(H,18,19,21). The van der Waals surface area contributed by atoms with Crippen LogP contribution in [0, 0.1) is 6.92 Å². The van der Waals surface area contributed by atoms with Crippen molar-refractivity contribution in [1.82, 2.24) is 9.78 Å². The Labute approximate surface area is 132 Å². The maximum atomic E-state index is 11.9. The van der Waals surface area contributed by atoms with Crippen molar-refractivity contribution in [2.24, 2.45) is 0 Å². The van der Waals surface area contributed by atoms with Crippen LogP contribution in [-0.4, -0.2) is 15.7 Å². The van der Waals surface area contributed by atoms with E-state index in [1.807, 2.05) is 41.9 Å². The summed E-state index contributed by atoms with van der Waals surface area (Å²) in [4.78, 5) is 11.9. The number of amides is 1. The molecule has 22 heavy (non-hydrogen) atoms. The average molecular weight is 316 g/mol. The SMILES string of the molecule is Cc1cc(NC(=O)c2ccco2)nn1Cc1cccc(Cl)c1. The molecule has 0 aliphatic rings. The number of furan rings is 1. The first kappa shape index (κ1) is 14.4. The molecule has 1 N–H and O–H groups in total. The van der Waals surface area contributed by atoms with Gasteiger partial charge in [0.1, 0.15) is 0 Å². The molecule has 0 aliphatic heterocycles. The highest BCUT2D eigenvalue weighted by Gasteiger charge is 2.12. The summed E-state index contributed by atoms with van der Waals surface area (Å²) in [6.45, 7) is 2.52. The molecule has 0 saturated heterocycles. The lowest BCUT2D eigenvalue weighted by atomic mass is 10.2. The first-order valence-electron chi connectivity index (χ1n) is 6.75. The monoisotopic (exact) mass is 315 g/mol. The molecule has 3 aromatic rings. The number of hydrogen-bond donors (Lipinski definition) is 1. The van der Waals surface area contributed by atoms with Crippen LogP contribution in [-0.2, 0) is 6.54 Å². The zero-order chi connectivity index (χ0) is 15.5. The van der Waals surface area contributed by atoms with Gasteiger partial charge in [0.25, 0.3) is 5.91 Å². The molecule has 1 amide bonds. The van der Waals surface area contributed by atoms with Gasteiger partial charge in [-0.25, -0.2) is 0 Å². The van der Waals surface area contributed by atoms with Gasteiger partial charge in [0.05, 0.1) is 12.8 Å². The second kappa shape index (κ2) is 6.07. The number of aryl methyl sites for hydroxylation is 1. The molecule has 0 fully saturated rings. The number of anilines is 1. The van der Waals surface area contributed by atoms with Crippen molar-refractivity contribution < 1.29 is 9.21 Å². The molecular weight excluding hydrogens is 302 g/mol. The quantitative estimate of drug-likeness (QED) is 0.798. The van der Waals surface area contributed by atoms with E-state index in [2.05, 4.69) is 10.4 Å². The highest BCUT2D eigenvalue weighted by atomic mass is 35.5. The first-order chi connectivity index (χ1) is 10.6. The molecule has 1 aromatic carbocycles. The van der Waals surface area contributed by atoms with E-state index in [9.17, 15) is 4.79 Å². The van der Waals surface area contributed by atoms with Gasteiger partial charge >= 0.3 is 0 Å². The maximum Gasteiger partial charge on any atom is 0.292 e. The average Bonchev–Trinajstić information content (AvgIpc) is 3.10. The number of nitrogens with zero attached hydrogens (tertiary/aromatic N) is 2. The number of halogens is 1. The summed E-state index contributed by atoms with van der Waals surface area (Å²) in [6, 6.07) is 12.7. The summed E-state index contributed by atoms with van der Waals surface area (Å²) in [5, 5.41) is 7.79. The second-order valence-electron chi connectivity index (χ2n) is 4.89. The summed E-state index contributed by atoms with van der Waals surface area (Å²) in [5.41, 5.74) is 1.98. The highest BCUT2D eigenvalue weighted by Crippen LogP contribution is 2.15. The van der Waals surface area contributed by atoms with E-state index in [0.29, 0.717) is 17.4 Å². The van der Waals surface area contributed by atoms with E-state index in [1.54, 1.807) is 12.1 Å². The van der Waals surface area contributed by atoms with E-state index < -0.39 is 0 Å². The normalized spacial score (nSPS) is 10.6. The van der Waals surface area contributed by atoms with Crippen LogP contribution in [0.25, 0.3) is 0 Å². The molecule has 2 heterocycles. The van der Waals surface area contributed by atoms with Gasteiger partial charge in [0, 0.05) is 16.8 Å². The minimum atomic E-state index is -0.322. The van der Waals surface area contributed by atoms with E-state index >= 15 is 0 Å². The van der Waals surface area contributed by atoms with Gasteiger partial charge in [-0.05, 0) is 36.8 Å². The smallest absolute Gasteiger partial charge is 0.292 e. The Hall–Kier alpha value is -2.53. The molecule has 5 nitrogen and oxygen atoms in total. The van der Waals surface area contributed by atoms with Crippen LogP contribution in [0.4, 0.5) is 5.82 Å². The van der Waals surface area contributed by atoms with Crippen LogP contribution in [0.1, 0.15) is 21.8 Å².